The average Bonchev–Trinajstić information content (AvgIpc) is 3.30. The van der Waals surface area contributed by atoms with E-state index in [1.54, 1.807) is 16.3 Å². The molecule has 3 rings (SSSR count). The lowest BCUT2D eigenvalue weighted by molar-refractivity contribution is -0.133. The van der Waals surface area contributed by atoms with Gasteiger partial charge in [0.15, 0.2) is 5.78 Å². The Hall–Kier alpha value is -1.69. The maximum absolute atomic E-state index is 12.5. The lowest BCUT2D eigenvalue weighted by Gasteiger charge is -2.34. The molecule has 136 valence electrons. The third-order valence-corrected chi connectivity index (χ3v) is 6.30. The van der Waals surface area contributed by atoms with E-state index in [1.165, 1.54) is 43.9 Å². The summed E-state index contributed by atoms with van der Waals surface area (Å²) >= 11 is 1.32. The molecule has 2 fully saturated rings. The Morgan fingerprint density at radius 2 is 1.72 bits per heavy atom. The number of carbonyl (C=O) groups excluding carboxylic acids is 3. The van der Waals surface area contributed by atoms with Gasteiger partial charge in [0, 0.05) is 43.5 Å². The van der Waals surface area contributed by atoms with Crippen LogP contribution in [0.2, 0.25) is 0 Å². The van der Waals surface area contributed by atoms with Gasteiger partial charge < -0.3 is 9.80 Å². The zero-order valence-electron chi connectivity index (χ0n) is 14.8. The summed E-state index contributed by atoms with van der Waals surface area (Å²) in [7, 11) is 0. The van der Waals surface area contributed by atoms with Crippen molar-refractivity contribution in [3.05, 3.63) is 21.9 Å². The van der Waals surface area contributed by atoms with Crippen LogP contribution in [0.25, 0.3) is 0 Å². The summed E-state index contributed by atoms with van der Waals surface area (Å²) in [5.74, 6) is 0.915. The largest absolute Gasteiger partial charge is 0.339 e. The predicted molar refractivity (Wildman–Crippen MR) is 98.0 cm³/mol. The van der Waals surface area contributed by atoms with Gasteiger partial charge in [-0.05, 0) is 25.3 Å². The Kier molecular flexibility index (Phi) is 5.89. The number of carbonyl (C=O) groups is 3. The summed E-state index contributed by atoms with van der Waals surface area (Å²) in [4.78, 5) is 40.6. The summed E-state index contributed by atoms with van der Waals surface area (Å²) in [6.07, 6.45) is 6.84. The molecule has 0 spiro atoms. The molecule has 0 radical (unpaired) electrons. The van der Waals surface area contributed by atoms with E-state index in [-0.39, 0.29) is 17.6 Å². The minimum absolute atomic E-state index is 0.0204. The predicted octanol–water partition coefficient (Wildman–Crippen LogP) is 3.21. The number of hydrogen-bond donors (Lipinski definition) is 0. The molecule has 0 atom stereocenters. The summed E-state index contributed by atoms with van der Waals surface area (Å²) in [5, 5.41) is 1.73. The summed E-state index contributed by atoms with van der Waals surface area (Å²) < 4.78 is 0. The van der Waals surface area contributed by atoms with Crippen LogP contribution in [0.5, 0.6) is 0 Å². The fourth-order valence-corrected chi connectivity index (χ4v) is 4.65. The van der Waals surface area contributed by atoms with Gasteiger partial charge in [-0.25, -0.2) is 0 Å². The number of amides is 2. The molecule has 1 aromatic rings. The Balaban J connectivity index is 1.46. The van der Waals surface area contributed by atoms with E-state index < -0.39 is 0 Å². The second-order valence-corrected chi connectivity index (χ2v) is 8.03. The van der Waals surface area contributed by atoms with Crippen molar-refractivity contribution in [1.29, 1.82) is 0 Å². The van der Waals surface area contributed by atoms with Crippen LogP contribution in [-0.2, 0) is 4.79 Å². The maximum atomic E-state index is 12.5. The van der Waals surface area contributed by atoms with Gasteiger partial charge in [0.25, 0.3) is 5.91 Å². The van der Waals surface area contributed by atoms with Crippen molar-refractivity contribution in [2.75, 3.05) is 26.2 Å². The lowest BCUT2D eigenvalue weighted by Crippen LogP contribution is -2.50. The Bertz CT molecular complexity index is 641. The van der Waals surface area contributed by atoms with Crippen LogP contribution in [0.3, 0.4) is 0 Å². The van der Waals surface area contributed by atoms with Crippen LogP contribution in [-0.4, -0.2) is 53.6 Å². The molecule has 1 saturated carbocycles. The van der Waals surface area contributed by atoms with Crippen LogP contribution >= 0.6 is 11.3 Å². The zero-order chi connectivity index (χ0) is 17.8. The second kappa shape index (κ2) is 8.13. The minimum Gasteiger partial charge on any atom is -0.339 e. The van der Waals surface area contributed by atoms with E-state index in [0.717, 1.165) is 12.3 Å². The van der Waals surface area contributed by atoms with Crippen LogP contribution in [0.4, 0.5) is 0 Å². The fourth-order valence-electron chi connectivity index (χ4n) is 3.73. The SMILES string of the molecule is CC(=O)c1csc(C(=O)N2CCN(C(=O)CCC3CCCC3)CC2)c1. The summed E-state index contributed by atoms with van der Waals surface area (Å²) in [6.45, 7) is 3.87. The van der Waals surface area contributed by atoms with E-state index >= 15 is 0 Å². The molecule has 0 bridgehead atoms. The van der Waals surface area contributed by atoms with Gasteiger partial charge in [-0.15, -0.1) is 11.3 Å². The maximum Gasteiger partial charge on any atom is 0.264 e. The molecule has 6 heteroatoms. The first kappa shape index (κ1) is 18.1. The molecular formula is C19H26N2O3S. The molecule has 1 saturated heterocycles. The summed E-state index contributed by atoms with van der Waals surface area (Å²) in [6, 6.07) is 1.68. The average molecular weight is 362 g/mol. The number of piperazine rings is 1. The first-order valence-electron chi connectivity index (χ1n) is 9.21. The molecule has 2 amide bonds. The first-order valence-corrected chi connectivity index (χ1v) is 10.1. The molecule has 25 heavy (non-hydrogen) atoms. The minimum atomic E-state index is -0.0319. The van der Waals surface area contributed by atoms with Crippen LogP contribution in [0, 0.1) is 5.92 Å². The molecule has 0 unspecified atom stereocenters. The first-order chi connectivity index (χ1) is 12.0. The van der Waals surface area contributed by atoms with Gasteiger partial charge in [-0.3, -0.25) is 14.4 Å². The molecule has 2 heterocycles. The molecule has 1 aliphatic heterocycles. The number of rotatable bonds is 5. The van der Waals surface area contributed by atoms with E-state index in [9.17, 15) is 14.4 Å². The third kappa shape index (κ3) is 4.48. The highest BCUT2D eigenvalue weighted by Crippen LogP contribution is 2.28. The normalized spacial score (nSPS) is 18.6. The molecule has 0 aromatic carbocycles. The van der Waals surface area contributed by atoms with Gasteiger partial charge in [-0.1, -0.05) is 25.7 Å². The van der Waals surface area contributed by atoms with Crippen molar-refractivity contribution in [3.63, 3.8) is 0 Å². The fraction of sp³-hybridized carbons (Fsp3) is 0.632. The highest BCUT2D eigenvalue weighted by atomic mass is 32.1. The van der Waals surface area contributed by atoms with Gasteiger partial charge in [0.1, 0.15) is 0 Å². The smallest absolute Gasteiger partial charge is 0.264 e. The van der Waals surface area contributed by atoms with Crippen LogP contribution < -0.4 is 0 Å². The monoisotopic (exact) mass is 362 g/mol. The second-order valence-electron chi connectivity index (χ2n) is 7.12. The van der Waals surface area contributed by atoms with E-state index in [2.05, 4.69) is 0 Å². The van der Waals surface area contributed by atoms with Crippen molar-refractivity contribution >= 4 is 28.9 Å². The quantitative estimate of drug-likeness (QED) is 0.756. The topological polar surface area (TPSA) is 57.7 Å². The zero-order valence-corrected chi connectivity index (χ0v) is 15.6. The Morgan fingerprint density at radius 3 is 2.32 bits per heavy atom. The number of hydrogen-bond acceptors (Lipinski definition) is 4. The van der Waals surface area contributed by atoms with E-state index in [0.29, 0.717) is 43.0 Å². The Morgan fingerprint density at radius 1 is 1.08 bits per heavy atom. The summed E-state index contributed by atoms with van der Waals surface area (Å²) in [5.41, 5.74) is 0.592. The van der Waals surface area contributed by atoms with Gasteiger partial charge >= 0.3 is 0 Å². The van der Waals surface area contributed by atoms with Gasteiger partial charge in [0.2, 0.25) is 5.91 Å². The Labute approximate surface area is 153 Å². The van der Waals surface area contributed by atoms with Crippen molar-refractivity contribution < 1.29 is 14.4 Å². The van der Waals surface area contributed by atoms with Crippen molar-refractivity contribution in [2.24, 2.45) is 5.92 Å². The van der Waals surface area contributed by atoms with Crippen LogP contribution in [0.1, 0.15) is 65.5 Å². The van der Waals surface area contributed by atoms with Crippen molar-refractivity contribution in [2.45, 2.75) is 45.4 Å². The molecule has 0 N–H and O–H groups in total. The number of thiophene rings is 1. The number of nitrogens with zero attached hydrogens (tertiary/aromatic N) is 2. The third-order valence-electron chi connectivity index (χ3n) is 5.38. The van der Waals surface area contributed by atoms with E-state index in [1.807, 2.05) is 4.90 Å². The lowest BCUT2D eigenvalue weighted by atomic mass is 10.0. The van der Waals surface area contributed by atoms with Gasteiger partial charge in [-0.2, -0.15) is 0 Å². The molecule has 2 aliphatic rings. The number of Topliss-reactive ketones (excluding diaryl/α,β-unsaturated/α-hetero) is 1. The number of ketones is 1. The standard InChI is InChI=1S/C19H26N2O3S/c1-14(22)16-12-17(25-13-16)19(24)21-10-8-20(9-11-21)18(23)7-6-15-4-2-3-5-15/h12-13,15H,2-11H2,1H3. The molecule has 1 aliphatic carbocycles. The van der Waals surface area contributed by atoms with Crippen molar-refractivity contribution in [1.82, 2.24) is 9.80 Å². The van der Waals surface area contributed by atoms with Gasteiger partial charge in [0.05, 0.1) is 4.88 Å². The van der Waals surface area contributed by atoms with E-state index in [4.69, 9.17) is 0 Å². The highest BCUT2D eigenvalue weighted by molar-refractivity contribution is 7.12. The molecule has 1 aromatic heterocycles. The van der Waals surface area contributed by atoms with Crippen molar-refractivity contribution in [3.8, 4) is 0 Å². The molecule has 5 nitrogen and oxygen atoms in total. The molecular weight excluding hydrogens is 336 g/mol. The highest BCUT2D eigenvalue weighted by Gasteiger charge is 2.26. The van der Waals surface area contributed by atoms with Crippen LogP contribution in [0.15, 0.2) is 11.4 Å².